The van der Waals surface area contributed by atoms with Crippen LogP contribution in [0.4, 0.5) is 15.8 Å². The second kappa shape index (κ2) is 7.79. The van der Waals surface area contributed by atoms with Gasteiger partial charge in [0.2, 0.25) is 10.0 Å². The fourth-order valence-electron chi connectivity index (χ4n) is 3.00. The van der Waals surface area contributed by atoms with Crippen LogP contribution >= 0.6 is 11.6 Å². The zero-order valence-corrected chi connectivity index (χ0v) is 15.8. The van der Waals surface area contributed by atoms with Crippen molar-refractivity contribution in [1.29, 1.82) is 0 Å². The van der Waals surface area contributed by atoms with E-state index in [4.69, 9.17) is 11.6 Å². The van der Waals surface area contributed by atoms with Gasteiger partial charge in [-0.05, 0) is 29.8 Å². The Morgan fingerprint density at radius 3 is 2.30 bits per heavy atom. The van der Waals surface area contributed by atoms with Gasteiger partial charge in [0.25, 0.3) is 5.69 Å². The number of nitro benzene ring substituents is 1. The summed E-state index contributed by atoms with van der Waals surface area (Å²) < 4.78 is 39.5. The number of rotatable bonds is 5. The van der Waals surface area contributed by atoms with Crippen LogP contribution in [0.5, 0.6) is 0 Å². The minimum Gasteiger partial charge on any atom is -0.363 e. The molecule has 0 N–H and O–H groups in total. The van der Waals surface area contributed by atoms with E-state index < -0.39 is 20.8 Å². The number of piperazine rings is 1. The Morgan fingerprint density at radius 1 is 1.07 bits per heavy atom. The van der Waals surface area contributed by atoms with Gasteiger partial charge in [-0.15, -0.1) is 0 Å². The molecule has 0 radical (unpaired) electrons. The molecule has 144 valence electrons. The number of hydrogen-bond acceptors (Lipinski definition) is 5. The molecule has 0 aliphatic carbocycles. The van der Waals surface area contributed by atoms with Gasteiger partial charge < -0.3 is 4.90 Å². The Morgan fingerprint density at radius 2 is 1.70 bits per heavy atom. The molecular weight excluding hydrogens is 397 g/mol. The van der Waals surface area contributed by atoms with Crippen molar-refractivity contribution in [3.8, 4) is 0 Å². The SMILES string of the molecule is O=[N+]([O-])c1cc(Cl)ccc1N1CCN(S(=O)(=O)Cc2ccc(F)cc2)CC1. The number of halogens is 2. The number of anilines is 1. The van der Waals surface area contributed by atoms with Crippen molar-refractivity contribution in [1.82, 2.24) is 4.31 Å². The lowest BCUT2D eigenvalue weighted by Crippen LogP contribution is -2.49. The zero-order valence-electron chi connectivity index (χ0n) is 14.2. The van der Waals surface area contributed by atoms with Crippen LogP contribution in [-0.2, 0) is 15.8 Å². The van der Waals surface area contributed by atoms with E-state index in [-0.39, 0.29) is 29.6 Å². The van der Waals surface area contributed by atoms with E-state index in [1.165, 1.54) is 34.6 Å². The Kier molecular flexibility index (Phi) is 5.64. The summed E-state index contributed by atoms with van der Waals surface area (Å²) in [5.74, 6) is -0.636. The van der Waals surface area contributed by atoms with Gasteiger partial charge in [-0.25, -0.2) is 12.8 Å². The van der Waals surface area contributed by atoms with Crippen LogP contribution in [0.2, 0.25) is 5.02 Å². The van der Waals surface area contributed by atoms with E-state index in [0.717, 1.165) is 0 Å². The third-order valence-corrected chi connectivity index (χ3v) is 6.45. The molecule has 2 aromatic carbocycles. The molecule has 1 saturated heterocycles. The Hall–Kier alpha value is -2.23. The second-order valence-corrected chi connectivity index (χ2v) is 8.56. The molecule has 0 bridgehead atoms. The summed E-state index contributed by atoms with van der Waals surface area (Å²) in [6.07, 6.45) is 0. The summed E-state index contributed by atoms with van der Waals surface area (Å²) in [5, 5.41) is 11.5. The topological polar surface area (TPSA) is 83.8 Å². The molecule has 1 heterocycles. The molecular formula is C17H17ClFN3O4S. The summed E-state index contributed by atoms with van der Waals surface area (Å²) in [6, 6.07) is 9.77. The fourth-order valence-corrected chi connectivity index (χ4v) is 4.68. The van der Waals surface area contributed by atoms with E-state index in [1.54, 1.807) is 17.0 Å². The van der Waals surface area contributed by atoms with E-state index in [9.17, 15) is 22.9 Å². The van der Waals surface area contributed by atoms with Crippen LogP contribution in [0.25, 0.3) is 0 Å². The smallest absolute Gasteiger partial charge is 0.294 e. The van der Waals surface area contributed by atoms with Gasteiger partial charge in [0.1, 0.15) is 11.5 Å². The zero-order chi connectivity index (χ0) is 19.6. The van der Waals surface area contributed by atoms with Crippen molar-refractivity contribution in [3.05, 3.63) is 69.0 Å². The summed E-state index contributed by atoms with van der Waals surface area (Å²) >= 11 is 5.84. The van der Waals surface area contributed by atoms with Gasteiger partial charge >= 0.3 is 0 Å². The first-order valence-corrected chi connectivity index (χ1v) is 10.2. The number of sulfonamides is 1. The first kappa shape index (κ1) is 19.5. The maximum Gasteiger partial charge on any atom is 0.294 e. The minimum atomic E-state index is -3.56. The fraction of sp³-hybridized carbons (Fsp3) is 0.294. The summed E-state index contributed by atoms with van der Waals surface area (Å²) in [6.45, 7) is 1.07. The van der Waals surface area contributed by atoms with E-state index in [1.807, 2.05) is 0 Å². The Labute approximate surface area is 161 Å². The lowest BCUT2D eigenvalue weighted by atomic mass is 10.2. The molecule has 1 aliphatic rings. The standard InChI is InChI=1S/C17H17ClFN3O4S/c18-14-3-6-16(17(11-14)22(23)24)20-7-9-21(10-8-20)27(25,26)12-13-1-4-15(19)5-2-13/h1-6,11H,7-10,12H2. The first-order chi connectivity index (χ1) is 12.8. The summed E-state index contributed by atoms with van der Waals surface area (Å²) in [4.78, 5) is 12.5. The third kappa shape index (κ3) is 4.55. The van der Waals surface area contributed by atoms with Crippen molar-refractivity contribution in [3.63, 3.8) is 0 Å². The molecule has 27 heavy (non-hydrogen) atoms. The maximum absolute atomic E-state index is 13.0. The second-order valence-electron chi connectivity index (χ2n) is 6.16. The predicted octanol–water partition coefficient (Wildman–Crippen LogP) is 3.04. The van der Waals surface area contributed by atoms with Crippen LogP contribution in [0, 0.1) is 15.9 Å². The Balaban J connectivity index is 1.70. The molecule has 3 rings (SSSR count). The van der Waals surface area contributed by atoms with E-state index in [0.29, 0.717) is 24.3 Å². The molecule has 2 aromatic rings. The summed E-state index contributed by atoms with van der Waals surface area (Å²) in [7, 11) is -3.56. The maximum atomic E-state index is 13.0. The van der Waals surface area contributed by atoms with Gasteiger partial charge in [-0.3, -0.25) is 10.1 Å². The van der Waals surface area contributed by atoms with Crippen molar-refractivity contribution in [2.75, 3.05) is 31.1 Å². The van der Waals surface area contributed by atoms with E-state index in [2.05, 4.69) is 0 Å². The highest BCUT2D eigenvalue weighted by atomic mass is 35.5. The molecule has 1 aliphatic heterocycles. The molecule has 1 fully saturated rings. The van der Waals surface area contributed by atoms with Gasteiger partial charge in [0, 0.05) is 37.3 Å². The number of nitrogens with zero attached hydrogens (tertiary/aromatic N) is 3. The molecule has 0 aromatic heterocycles. The summed E-state index contributed by atoms with van der Waals surface area (Å²) in [5.41, 5.74) is 0.817. The average Bonchev–Trinajstić information content (AvgIpc) is 2.63. The molecule has 10 heteroatoms. The molecule has 0 unspecified atom stereocenters. The largest absolute Gasteiger partial charge is 0.363 e. The van der Waals surface area contributed by atoms with Crippen LogP contribution < -0.4 is 4.90 Å². The first-order valence-electron chi connectivity index (χ1n) is 8.17. The van der Waals surface area contributed by atoms with Crippen LogP contribution in [0.1, 0.15) is 5.56 Å². The van der Waals surface area contributed by atoms with Gasteiger partial charge in [-0.1, -0.05) is 23.7 Å². The number of nitro groups is 1. The lowest BCUT2D eigenvalue weighted by molar-refractivity contribution is -0.384. The van der Waals surface area contributed by atoms with Gasteiger partial charge in [0.05, 0.1) is 10.7 Å². The molecule has 0 saturated carbocycles. The number of hydrogen-bond donors (Lipinski definition) is 0. The van der Waals surface area contributed by atoms with Crippen molar-refractivity contribution in [2.24, 2.45) is 0 Å². The highest BCUT2D eigenvalue weighted by molar-refractivity contribution is 7.88. The van der Waals surface area contributed by atoms with Gasteiger partial charge in [-0.2, -0.15) is 4.31 Å². The predicted molar refractivity (Wildman–Crippen MR) is 101 cm³/mol. The lowest BCUT2D eigenvalue weighted by Gasteiger charge is -2.35. The van der Waals surface area contributed by atoms with Crippen LogP contribution in [-0.4, -0.2) is 43.8 Å². The van der Waals surface area contributed by atoms with Crippen LogP contribution in [0.3, 0.4) is 0 Å². The molecule has 7 nitrogen and oxygen atoms in total. The highest BCUT2D eigenvalue weighted by Gasteiger charge is 2.29. The quantitative estimate of drug-likeness (QED) is 0.555. The van der Waals surface area contributed by atoms with Crippen molar-refractivity contribution in [2.45, 2.75) is 5.75 Å². The van der Waals surface area contributed by atoms with E-state index >= 15 is 0 Å². The minimum absolute atomic E-state index is 0.106. The Bertz CT molecular complexity index is 945. The normalized spacial score (nSPS) is 15.7. The van der Waals surface area contributed by atoms with Gasteiger partial charge in [0.15, 0.2) is 0 Å². The average molecular weight is 414 g/mol. The third-order valence-electron chi connectivity index (χ3n) is 4.37. The van der Waals surface area contributed by atoms with Crippen LogP contribution in [0.15, 0.2) is 42.5 Å². The van der Waals surface area contributed by atoms with Crippen molar-refractivity contribution >= 4 is 33.0 Å². The molecule has 0 atom stereocenters. The molecule has 0 spiro atoms. The molecule has 0 amide bonds. The highest BCUT2D eigenvalue weighted by Crippen LogP contribution is 2.32. The van der Waals surface area contributed by atoms with Crippen molar-refractivity contribution < 1.29 is 17.7 Å². The number of benzene rings is 2. The monoisotopic (exact) mass is 413 g/mol.